The van der Waals surface area contributed by atoms with Crippen molar-refractivity contribution in [2.45, 2.75) is 90.6 Å². The molecule has 206 valence electrons. The number of ether oxygens (including phenoxy) is 4. The van der Waals surface area contributed by atoms with Crippen LogP contribution in [0.1, 0.15) is 100 Å². The van der Waals surface area contributed by atoms with E-state index in [0.29, 0.717) is 26.4 Å². The van der Waals surface area contributed by atoms with E-state index in [-0.39, 0.29) is 24.4 Å². The molecule has 0 amide bonds. The lowest BCUT2D eigenvalue weighted by atomic mass is 9.83. The summed E-state index contributed by atoms with van der Waals surface area (Å²) in [7, 11) is 0. The van der Waals surface area contributed by atoms with Gasteiger partial charge in [-0.3, -0.25) is 0 Å². The van der Waals surface area contributed by atoms with Gasteiger partial charge in [-0.05, 0) is 84.1 Å². The van der Waals surface area contributed by atoms with Gasteiger partial charge in [0.25, 0.3) is 0 Å². The van der Waals surface area contributed by atoms with Crippen LogP contribution in [0.3, 0.4) is 0 Å². The lowest BCUT2D eigenvalue weighted by Crippen LogP contribution is -2.25. The summed E-state index contributed by atoms with van der Waals surface area (Å²) in [6.45, 7) is 11.4. The highest BCUT2D eigenvalue weighted by atomic mass is 16.7. The molecular weight excluding hydrogens is 472 g/mol. The minimum atomic E-state index is -0.299. The van der Waals surface area contributed by atoms with Crippen molar-refractivity contribution in [1.29, 1.82) is 0 Å². The number of hydrogen-bond donors (Lipinski definition) is 0. The summed E-state index contributed by atoms with van der Waals surface area (Å²) in [6, 6.07) is 17.5. The molecule has 0 aromatic heterocycles. The summed E-state index contributed by atoms with van der Waals surface area (Å²) in [4.78, 5) is 0. The molecule has 4 rings (SSSR count). The SMILES string of the molecule is CCCOC(OCCC)C1=Cc2ccccc2C1CCC1C(C(OCCC)OCCC)=Cc2ccccc21. The fraction of sp³-hybridized carbons (Fsp3) is 0.529. The Balaban J connectivity index is 1.60. The van der Waals surface area contributed by atoms with Gasteiger partial charge in [-0.1, -0.05) is 76.2 Å². The maximum absolute atomic E-state index is 6.27. The van der Waals surface area contributed by atoms with Crippen LogP contribution in [0.2, 0.25) is 0 Å². The third-order valence-corrected chi connectivity index (χ3v) is 7.37. The van der Waals surface area contributed by atoms with Crippen molar-refractivity contribution in [3.05, 3.63) is 81.9 Å². The van der Waals surface area contributed by atoms with E-state index >= 15 is 0 Å². The van der Waals surface area contributed by atoms with Crippen LogP contribution in [0.5, 0.6) is 0 Å². The molecule has 2 aliphatic rings. The maximum atomic E-state index is 6.27. The van der Waals surface area contributed by atoms with Crippen molar-refractivity contribution < 1.29 is 18.9 Å². The highest BCUT2D eigenvalue weighted by Crippen LogP contribution is 2.47. The first-order chi connectivity index (χ1) is 18.7. The lowest BCUT2D eigenvalue weighted by molar-refractivity contribution is -0.121. The van der Waals surface area contributed by atoms with Crippen LogP contribution in [0.25, 0.3) is 12.2 Å². The van der Waals surface area contributed by atoms with Crippen LogP contribution in [0.15, 0.2) is 59.7 Å². The predicted molar refractivity (Wildman–Crippen MR) is 156 cm³/mol. The summed E-state index contributed by atoms with van der Waals surface area (Å²) in [5, 5.41) is 0. The molecule has 0 aliphatic heterocycles. The van der Waals surface area contributed by atoms with Crippen molar-refractivity contribution in [3.63, 3.8) is 0 Å². The molecule has 0 heterocycles. The molecule has 4 heteroatoms. The predicted octanol–water partition coefficient (Wildman–Crippen LogP) is 8.49. The van der Waals surface area contributed by atoms with E-state index in [4.69, 9.17) is 18.9 Å². The Morgan fingerprint density at radius 1 is 0.526 bits per heavy atom. The smallest absolute Gasteiger partial charge is 0.180 e. The molecule has 0 N–H and O–H groups in total. The Morgan fingerprint density at radius 2 is 0.868 bits per heavy atom. The lowest BCUT2D eigenvalue weighted by Gasteiger charge is -2.28. The zero-order chi connectivity index (χ0) is 26.7. The van der Waals surface area contributed by atoms with Crippen molar-refractivity contribution in [2.24, 2.45) is 0 Å². The maximum Gasteiger partial charge on any atom is 0.180 e. The molecule has 0 bridgehead atoms. The number of hydrogen-bond acceptors (Lipinski definition) is 4. The highest BCUT2D eigenvalue weighted by Gasteiger charge is 2.35. The van der Waals surface area contributed by atoms with E-state index in [0.717, 1.165) is 38.5 Å². The van der Waals surface area contributed by atoms with E-state index in [2.05, 4.69) is 88.4 Å². The zero-order valence-electron chi connectivity index (χ0n) is 23.8. The molecule has 2 aromatic rings. The third kappa shape index (κ3) is 6.84. The quantitative estimate of drug-likeness (QED) is 0.197. The summed E-state index contributed by atoms with van der Waals surface area (Å²) >= 11 is 0. The molecular formula is C34H46O4. The van der Waals surface area contributed by atoms with Gasteiger partial charge in [-0.15, -0.1) is 0 Å². The van der Waals surface area contributed by atoms with Gasteiger partial charge in [0.1, 0.15) is 0 Å². The summed E-state index contributed by atoms with van der Waals surface area (Å²) in [5.41, 5.74) is 7.85. The number of benzene rings is 2. The molecule has 0 saturated carbocycles. The van der Waals surface area contributed by atoms with Gasteiger partial charge in [0.15, 0.2) is 12.6 Å². The van der Waals surface area contributed by atoms with Crippen LogP contribution < -0.4 is 0 Å². The number of rotatable bonds is 17. The first kappa shape index (κ1) is 28.8. The van der Waals surface area contributed by atoms with Gasteiger partial charge in [-0.2, -0.15) is 0 Å². The van der Waals surface area contributed by atoms with Crippen molar-refractivity contribution in [1.82, 2.24) is 0 Å². The third-order valence-electron chi connectivity index (χ3n) is 7.37. The summed E-state index contributed by atoms with van der Waals surface area (Å²) in [5.74, 6) is 0.538. The molecule has 38 heavy (non-hydrogen) atoms. The second-order valence-corrected chi connectivity index (χ2v) is 10.4. The summed E-state index contributed by atoms with van der Waals surface area (Å²) < 4.78 is 25.1. The molecule has 2 aromatic carbocycles. The van der Waals surface area contributed by atoms with E-state index in [1.165, 1.54) is 33.4 Å². The van der Waals surface area contributed by atoms with Crippen molar-refractivity contribution in [2.75, 3.05) is 26.4 Å². The fourth-order valence-corrected chi connectivity index (χ4v) is 5.66. The molecule has 0 radical (unpaired) electrons. The van der Waals surface area contributed by atoms with Crippen LogP contribution in [-0.2, 0) is 18.9 Å². The van der Waals surface area contributed by atoms with E-state index < -0.39 is 0 Å². The van der Waals surface area contributed by atoms with Crippen LogP contribution in [-0.4, -0.2) is 39.0 Å². The van der Waals surface area contributed by atoms with Gasteiger partial charge >= 0.3 is 0 Å². The molecule has 0 spiro atoms. The summed E-state index contributed by atoms with van der Waals surface area (Å²) in [6.07, 6.45) is 9.94. The topological polar surface area (TPSA) is 36.9 Å². The minimum Gasteiger partial charge on any atom is -0.349 e. The fourth-order valence-electron chi connectivity index (χ4n) is 5.66. The molecule has 2 unspecified atom stereocenters. The molecule has 2 atom stereocenters. The van der Waals surface area contributed by atoms with E-state index in [1.807, 2.05) is 0 Å². The second kappa shape index (κ2) is 14.8. The first-order valence-electron chi connectivity index (χ1n) is 14.8. The minimum absolute atomic E-state index is 0.269. The molecule has 4 nitrogen and oxygen atoms in total. The first-order valence-corrected chi connectivity index (χ1v) is 14.8. The van der Waals surface area contributed by atoms with Crippen molar-refractivity contribution in [3.8, 4) is 0 Å². The average Bonchev–Trinajstić information content (AvgIpc) is 3.50. The standard InChI is InChI=1S/C34H46O4/c1-5-19-35-33(36-20-6-2)31-23-25-13-9-11-15-27(25)29(31)17-18-30-28-16-12-10-14-26(28)24-32(30)34(37-21-7-3)38-22-8-4/h9-16,23-24,29-30,33-34H,5-8,17-22H2,1-4H3. The van der Waals surface area contributed by atoms with Gasteiger partial charge in [0.05, 0.1) is 0 Å². The molecule has 2 aliphatic carbocycles. The van der Waals surface area contributed by atoms with Crippen LogP contribution in [0.4, 0.5) is 0 Å². The molecule has 0 fully saturated rings. The van der Waals surface area contributed by atoms with Gasteiger partial charge < -0.3 is 18.9 Å². The second-order valence-electron chi connectivity index (χ2n) is 10.4. The molecule has 0 saturated heterocycles. The van der Waals surface area contributed by atoms with Crippen LogP contribution in [0, 0.1) is 0 Å². The zero-order valence-corrected chi connectivity index (χ0v) is 23.8. The van der Waals surface area contributed by atoms with Crippen LogP contribution >= 0.6 is 0 Å². The Kier molecular flexibility index (Phi) is 11.2. The van der Waals surface area contributed by atoms with E-state index in [9.17, 15) is 0 Å². The Labute approximate surface area is 230 Å². The monoisotopic (exact) mass is 518 g/mol. The average molecular weight is 519 g/mol. The Hall–Kier alpha value is -2.24. The Morgan fingerprint density at radius 3 is 1.21 bits per heavy atom. The Bertz CT molecular complexity index is 970. The largest absolute Gasteiger partial charge is 0.349 e. The van der Waals surface area contributed by atoms with Gasteiger partial charge in [0.2, 0.25) is 0 Å². The van der Waals surface area contributed by atoms with E-state index in [1.54, 1.807) is 0 Å². The highest BCUT2D eigenvalue weighted by molar-refractivity contribution is 5.68. The van der Waals surface area contributed by atoms with Crippen molar-refractivity contribution >= 4 is 12.2 Å². The normalized spacial score (nSPS) is 18.2. The number of fused-ring (bicyclic) bond motifs is 2. The van der Waals surface area contributed by atoms with Gasteiger partial charge in [0, 0.05) is 38.3 Å². The van der Waals surface area contributed by atoms with Gasteiger partial charge in [-0.25, -0.2) is 0 Å².